The van der Waals surface area contributed by atoms with E-state index >= 15 is 0 Å². The maximum atomic E-state index is 10.6. The van der Waals surface area contributed by atoms with Crippen molar-refractivity contribution in [2.24, 2.45) is 0 Å². The summed E-state index contributed by atoms with van der Waals surface area (Å²) in [4.78, 5) is 10.1. The summed E-state index contributed by atoms with van der Waals surface area (Å²) in [6.07, 6.45) is 1.19. The van der Waals surface area contributed by atoms with Gasteiger partial charge >= 0.3 is 5.69 Å². The van der Waals surface area contributed by atoms with Crippen molar-refractivity contribution in [2.75, 3.05) is 5.32 Å². The largest absolute Gasteiger partial charge is 0.361 e. The molecule has 1 aromatic heterocycles. The van der Waals surface area contributed by atoms with E-state index in [9.17, 15) is 10.1 Å². The Balaban J connectivity index is 2.05. The fourth-order valence-electron chi connectivity index (χ4n) is 1.33. The molecule has 0 aliphatic heterocycles. The first kappa shape index (κ1) is 10.2. The zero-order valence-corrected chi connectivity index (χ0v) is 8.38. The summed E-state index contributed by atoms with van der Waals surface area (Å²) in [5.41, 5.74) is 1.00. The fraction of sp³-hybridized carbons (Fsp3) is 0.100. The second-order valence-corrected chi connectivity index (χ2v) is 3.23. The third-order valence-corrected chi connectivity index (χ3v) is 2.13. The molecular formula is C10H10N4O2. The first-order valence-electron chi connectivity index (χ1n) is 4.73. The molecule has 1 heterocycles. The van der Waals surface area contributed by atoms with E-state index in [1.54, 1.807) is 0 Å². The maximum Gasteiger partial charge on any atom is 0.330 e. The smallest absolute Gasteiger partial charge is 0.330 e. The van der Waals surface area contributed by atoms with Gasteiger partial charge in [-0.25, -0.2) is 0 Å². The number of rotatable bonds is 4. The number of aromatic amines is 1. The molecular weight excluding hydrogens is 208 g/mol. The number of benzene rings is 1. The summed E-state index contributed by atoms with van der Waals surface area (Å²) in [6, 6.07) is 9.63. The van der Waals surface area contributed by atoms with Crippen molar-refractivity contribution in [1.82, 2.24) is 10.2 Å². The molecule has 0 aliphatic carbocycles. The molecule has 0 amide bonds. The van der Waals surface area contributed by atoms with Gasteiger partial charge in [0.1, 0.15) is 6.20 Å². The molecule has 1 aromatic carbocycles. The minimum atomic E-state index is -0.475. The van der Waals surface area contributed by atoms with Crippen LogP contribution in [0.4, 0.5) is 11.5 Å². The van der Waals surface area contributed by atoms with Crippen LogP contribution in [0.3, 0.4) is 0 Å². The van der Waals surface area contributed by atoms with Crippen molar-refractivity contribution in [3.63, 3.8) is 0 Å². The lowest BCUT2D eigenvalue weighted by atomic mass is 10.2. The van der Waals surface area contributed by atoms with Gasteiger partial charge in [0.2, 0.25) is 5.82 Å². The van der Waals surface area contributed by atoms with E-state index in [1.165, 1.54) is 6.20 Å². The third-order valence-electron chi connectivity index (χ3n) is 2.13. The molecule has 0 bridgehead atoms. The predicted molar refractivity (Wildman–Crippen MR) is 59.0 cm³/mol. The number of hydrogen-bond acceptors (Lipinski definition) is 4. The molecule has 0 spiro atoms. The molecule has 16 heavy (non-hydrogen) atoms. The predicted octanol–water partition coefficient (Wildman–Crippen LogP) is 1.93. The van der Waals surface area contributed by atoms with Crippen molar-refractivity contribution in [1.29, 1.82) is 0 Å². The van der Waals surface area contributed by atoms with Gasteiger partial charge in [0, 0.05) is 6.54 Å². The Morgan fingerprint density at radius 2 is 2.12 bits per heavy atom. The molecule has 6 nitrogen and oxygen atoms in total. The van der Waals surface area contributed by atoms with Gasteiger partial charge in [-0.15, -0.1) is 0 Å². The van der Waals surface area contributed by atoms with Gasteiger partial charge in [-0.05, 0) is 5.56 Å². The Morgan fingerprint density at radius 3 is 2.81 bits per heavy atom. The van der Waals surface area contributed by atoms with E-state index < -0.39 is 4.92 Å². The van der Waals surface area contributed by atoms with Gasteiger partial charge in [-0.2, -0.15) is 5.10 Å². The summed E-state index contributed by atoms with van der Waals surface area (Å²) in [5, 5.41) is 19.7. The van der Waals surface area contributed by atoms with Gasteiger partial charge in [0.25, 0.3) is 0 Å². The summed E-state index contributed by atoms with van der Waals surface area (Å²) < 4.78 is 0. The Bertz CT molecular complexity index is 481. The lowest BCUT2D eigenvalue weighted by molar-refractivity contribution is -0.384. The van der Waals surface area contributed by atoms with Gasteiger partial charge < -0.3 is 5.32 Å². The van der Waals surface area contributed by atoms with Gasteiger partial charge in [-0.3, -0.25) is 15.2 Å². The van der Waals surface area contributed by atoms with Crippen molar-refractivity contribution < 1.29 is 4.92 Å². The van der Waals surface area contributed by atoms with Crippen LogP contribution in [0.1, 0.15) is 5.56 Å². The average Bonchev–Trinajstić information content (AvgIpc) is 2.76. The van der Waals surface area contributed by atoms with Crippen LogP contribution in [0.25, 0.3) is 0 Å². The van der Waals surface area contributed by atoms with E-state index in [-0.39, 0.29) is 5.69 Å². The van der Waals surface area contributed by atoms with Crippen LogP contribution in [-0.4, -0.2) is 15.1 Å². The zero-order valence-electron chi connectivity index (χ0n) is 8.38. The minimum Gasteiger partial charge on any atom is -0.361 e. The van der Waals surface area contributed by atoms with Crippen molar-refractivity contribution >= 4 is 11.5 Å². The Morgan fingerprint density at radius 1 is 1.38 bits per heavy atom. The van der Waals surface area contributed by atoms with E-state index in [0.29, 0.717) is 12.4 Å². The number of nitrogens with one attached hydrogen (secondary N) is 2. The first-order valence-corrected chi connectivity index (χ1v) is 4.73. The number of anilines is 1. The third kappa shape index (κ3) is 2.17. The van der Waals surface area contributed by atoms with E-state index in [2.05, 4.69) is 15.5 Å². The lowest BCUT2D eigenvalue weighted by Gasteiger charge is -2.02. The summed E-state index contributed by atoms with van der Waals surface area (Å²) >= 11 is 0. The first-order chi connectivity index (χ1) is 7.77. The zero-order chi connectivity index (χ0) is 11.4. The summed E-state index contributed by atoms with van der Waals surface area (Å²) in [6.45, 7) is 0.518. The van der Waals surface area contributed by atoms with Crippen LogP contribution >= 0.6 is 0 Å². The Labute approximate surface area is 91.5 Å². The second kappa shape index (κ2) is 4.43. The highest BCUT2D eigenvalue weighted by atomic mass is 16.6. The molecule has 0 aliphatic rings. The van der Waals surface area contributed by atoms with Crippen LogP contribution < -0.4 is 5.32 Å². The fourth-order valence-corrected chi connectivity index (χ4v) is 1.33. The standard InChI is InChI=1S/C10H10N4O2/c15-14(16)9-7-12-13-10(9)11-6-8-4-2-1-3-5-8/h1-5,7H,6H2,(H2,11,12,13). The second-order valence-electron chi connectivity index (χ2n) is 3.23. The highest BCUT2D eigenvalue weighted by Gasteiger charge is 2.15. The number of hydrogen-bond donors (Lipinski definition) is 2. The van der Waals surface area contributed by atoms with Gasteiger partial charge in [0.05, 0.1) is 4.92 Å². The van der Waals surface area contributed by atoms with Crippen LogP contribution in [0.2, 0.25) is 0 Å². The van der Waals surface area contributed by atoms with Crippen LogP contribution in [0.15, 0.2) is 36.5 Å². The molecule has 0 fully saturated rings. The highest BCUT2D eigenvalue weighted by Crippen LogP contribution is 2.20. The van der Waals surface area contributed by atoms with Crippen molar-refractivity contribution in [2.45, 2.75) is 6.54 Å². The quantitative estimate of drug-likeness (QED) is 0.606. The maximum absolute atomic E-state index is 10.6. The number of nitrogens with zero attached hydrogens (tertiary/aromatic N) is 2. The molecule has 0 radical (unpaired) electrons. The SMILES string of the molecule is O=[N+]([O-])c1cn[nH]c1NCc1ccccc1. The highest BCUT2D eigenvalue weighted by molar-refractivity contribution is 5.54. The summed E-state index contributed by atoms with van der Waals surface area (Å²) in [5.74, 6) is 0.328. The van der Waals surface area contributed by atoms with E-state index in [4.69, 9.17) is 0 Å². The molecule has 0 saturated carbocycles. The van der Waals surface area contributed by atoms with E-state index in [0.717, 1.165) is 5.56 Å². The molecule has 0 saturated heterocycles. The van der Waals surface area contributed by atoms with E-state index in [1.807, 2.05) is 30.3 Å². The number of H-pyrrole nitrogens is 1. The molecule has 2 N–H and O–H groups in total. The van der Waals surface area contributed by atoms with Gasteiger partial charge in [0.15, 0.2) is 0 Å². The number of nitro groups is 1. The Hall–Kier alpha value is -2.37. The molecule has 0 unspecified atom stereocenters. The lowest BCUT2D eigenvalue weighted by Crippen LogP contribution is -2.01. The molecule has 2 aromatic rings. The Kier molecular flexibility index (Phi) is 2.81. The van der Waals surface area contributed by atoms with Crippen LogP contribution in [-0.2, 0) is 6.54 Å². The molecule has 6 heteroatoms. The van der Waals surface area contributed by atoms with Gasteiger partial charge in [-0.1, -0.05) is 30.3 Å². The monoisotopic (exact) mass is 218 g/mol. The van der Waals surface area contributed by atoms with Crippen molar-refractivity contribution in [3.8, 4) is 0 Å². The van der Waals surface area contributed by atoms with Crippen LogP contribution in [0.5, 0.6) is 0 Å². The molecule has 82 valence electrons. The molecule has 2 rings (SSSR count). The minimum absolute atomic E-state index is 0.0454. The normalized spacial score (nSPS) is 10.0. The van der Waals surface area contributed by atoms with Crippen molar-refractivity contribution in [3.05, 3.63) is 52.2 Å². The molecule has 0 atom stereocenters. The van der Waals surface area contributed by atoms with Crippen LogP contribution in [0, 0.1) is 10.1 Å². The number of aromatic nitrogens is 2. The topological polar surface area (TPSA) is 83.8 Å². The average molecular weight is 218 g/mol. The summed E-state index contributed by atoms with van der Waals surface area (Å²) in [7, 11) is 0.